The molecule has 0 unspecified atom stereocenters. The molecule has 5 rings (SSSR count). The maximum atomic E-state index is 10.6. The fraction of sp³-hybridized carbons (Fsp3) is 0.400. The van der Waals surface area contributed by atoms with Crippen LogP contribution in [-0.2, 0) is 11.3 Å². The quantitative estimate of drug-likeness (QED) is 0.423. The number of alkyl halides is 3. The molecule has 12 heteroatoms. The number of para-hydroxylation sites is 2. The van der Waals surface area contributed by atoms with E-state index in [1.165, 1.54) is 18.4 Å². The maximum absolute atomic E-state index is 10.6. The number of benzene rings is 2. The van der Waals surface area contributed by atoms with Crippen molar-refractivity contribution < 1.29 is 27.8 Å². The number of ether oxygens (including phenoxy) is 1. The van der Waals surface area contributed by atoms with Gasteiger partial charge in [0.2, 0.25) is 0 Å². The highest BCUT2D eigenvalue weighted by Crippen LogP contribution is 2.31. The summed E-state index contributed by atoms with van der Waals surface area (Å²) in [5.74, 6) is 0.0598. The number of aromatic nitrogens is 2. The summed E-state index contributed by atoms with van der Waals surface area (Å²) in [5, 5.41) is 10.7. The molecule has 2 heterocycles. The number of anilines is 2. The minimum Gasteiger partial charge on any atom is -0.497 e. The smallest absolute Gasteiger partial charge is 0.490 e. The Bertz CT molecular complexity index is 1250. The summed E-state index contributed by atoms with van der Waals surface area (Å²) >= 11 is 3.68. The van der Waals surface area contributed by atoms with Gasteiger partial charge in [-0.05, 0) is 48.7 Å². The third-order valence-corrected chi connectivity index (χ3v) is 6.81. The van der Waals surface area contributed by atoms with Crippen LogP contribution in [0.1, 0.15) is 18.4 Å². The van der Waals surface area contributed by atoms with Crippen LogP contribution in [0.15, 0.2) is 46.9 Å². The van der Waals surface area contributed by atoms with Gasteiger partial charge in [-0.25, -0.2) is 14.8 Å². The van der Waals surface area contributed by atoms with Crippen molar-refractivity contribution in [2.75, 3.05) is 43.5 Å². The molecule has 1 aliphatic carbocycles. The summed E-state index contributed by atoms with van der Waals surface area (Å²) in [6, 6.07) is 14.8. The van der Waals surface area contributed by atoms with Gasteiger partial charge >= 0.3 is 12.1 Å². The van der Waals surface area contributed by atoms with E-state index >= 15 is 0 Å². The number of fused-ring (bicyclic) bond motifs is 1. The van der Waals surface area contributed by atoms with Crippen molar-refractivity contribution in [1.29, 1.82) is 0 Å². The average molecular weight is 582 g/mol. The van der Waals surface area contributed by atoms with Crippen molar-refractivity contribution >= 4 is 44.6 Å². The van der Waals surface area contributed by atoms with Gasteiger partial charge < -0.3 is 20.1 Å². The van der Waals surface area contributed by atoms with Gasteiger partial charge in [0.25, 0.3) is 0 Å². The third-order valence-electron chi connectivity index (χ3n) is 6.03. The molecule has 0 spiro atoms. The van der Waals surface area contributed by atoms with Gasteiger partial charge in [-0.3, -0.25) is 4.90 Å². The highest BCUT2D eigenvalue weighted by Gasteiger charge is 2.38. The van der Waals surface area contributed by atoms with E-state index < -0.39 is 12.1 Å². The molecule has 37 heavy (non-hydrogen) atoms. The molecule has 0 amide bonds. The molecule has 2 fully saturated rings. The number of hydrogen-bond acceptors (Lipinski definition) is 7. The van der Waals surface area contributed by atoms with Gasteiger partial charge in [-0.15, -0.1) is 0 Å². The summed E-state index contributed by atoms with van der Waals surface area (Å²) in [6.45, 7) is 4.76. The monoisotopic (exact) mass is 581 g/mol. The fourth-order valence-electron chi connectivity index (χ4n) is 3.89. The van der Waals surface area contributed by atoms with Gasteiger partial charge in [0, 0.05) is 43.2 Å². The van der Waals surface area contributed by atoms with Crippen LogP contribution >= 0.6 is 15.9 Å². The summed E-state index contributed by atoms with van der Waals surface area (Å²) in [7, 11) is 1.71. The first kappa shape index (κ1) is 26.9. The lowest BCUT2D eigenvalue weighted by molar-refractivity contribution is -0.192. The van der Waals surface area contributed by atoms with Crippen molar-refractivity contribution in [1.82, 2.24) is 14.9 Å². The lowest BCUT2D eigenvalue weighted by Gasteiger charge is -2.36. The highest BCUT2D eigenvalue weighted by molar-refractivity contribution is 9.10. The fourth-order valence-corrected chi connectivity index (χ4v) is 4.26. The second-order valence-corrected chi connectivity index (χ2v) is 9.68. The van der Waals surface area contributed by atoms with Gasteiger partial charge in [-0.1, -0.05) is 28.1 Å². The molecule has 8 nitrogen and oxygen atoms in total. The molecule has 2 aromatic carbocycles. The molecule has 1 saturated heterocycles. The van der Waals surface area contributed by atoms with Gasteiger partial charge in [-0.2, -0.15) is 13.2 Å². The van der Waals surface area contributed by atoms with Crippen LogP contribution < -0.4 is 15.0 Å². The zero-order valence-corrected chi connectivity index (χ0v) is 21.7. The van der Waals surface area contributed by atoms with E-state index in [9.17, 15) is 13.2 Å². The Balaban J connectivity index is 0.000000405. The Morgan fingerprint density at radius 1 is 1.11 bits per heavy atom. The van der Waals surface area contributed by atoms with E-state index in [1.54, 1.807) is 7.11 Å². The van der Waals surface area contributed by atoms with Crippen molar-refractivity contribution in [3.63, 3.8) is 0 Å². The zero-order valence-electron chi connectivity index (χ0n) is 20.1. The first-order valence-electron chi connectivity index (χ1n) is 11.8. The molecule has 198 valence electrons. The topological polar surface area (TPSA) is 90.8 Å². The Kier molecular flexibility index (Phi) is 8.38. The minimum absolute atomic E-state index is 0.547. The molecule has 2 aliphatic rings. The summed E-state index contributed by atoms with van der Waals surface area (Å²) in [5.41, 5.74) is 3.16. The van der Waals surface area contributed by atoms with E-state index in [1.807, 2.05) is 30.3 Å². The number of carbonyl (C=O) groups is 1. The highest BCUT2D eigenvalue weighted by atomic mass is 79.9. The number of methoxy groups -OCH3 is 1. The Morgan fingerprint density at radius 3 is 2.30 bits per heavy atom. The molecule has 1 aliphatic heterocycles. The molecule has 1 saturated carbocycles. The van der Waals surface area contributed by atoms with Crippen LogP contribution in [0.25, 0.3) is 11.0 Å². The second-order valence-electron chi connectivity index (χ2n) is 8.83. The Morgan fingerprint density at radius 2 is 1.73 bits per heavy atom. The van der Waals surface area contributed by atoms with E-state index in [2.05, 4.69) is 43.2 Å². The average Bonchev–Trinajstić information content (AvgIpc) is 3.69. The normalized spacial score (nSPS) is 16.2. The van der Waals surface area contributed by atoms with Crippen molar-refractivity contribution in [2.24, 2.45) is 0 Å². The zero-order chi connectivity index (χ0) is 26.6. The van der Waals surface area contributed by atoms with Gasteiger partial charge in [0.15, 0.2) is 11.6 Å². The number of piperazine rings is 1. The lowest BCUT2D eigenvalue weighted by atomic mass is 10.2. The predicted octanol–water partition coefficient (Wildman–Crippen LogP) is 4.93. The molecular formula is C25H27BrF3N5O3. The molecular weight excluding hydrogens is 555 g/mol. The predicted molar refractivity (Wildman–Crippen MR) is 138 cm³/mol. The number of nitrogens with one attached hydrogen (secondary N) is 1. The Labute approximate surface area is 220 Å². The van der Waals surface area contributed by atoms with E-state index in [0.29, 0.717) is 6.04 Å². The van der Waals surface area contributed by atoms with Crippen LogP contribution in [0, 0.1) is 0 Å². The van der Waals surface area contributed by atoms with Gasteiger partial charge in [0.1, 0.15) is 5.75 Å². The standard InChI is InChI=1S/C23H26BrN5O.C2HF3O2/c1-30-18-8-9-19(24)16(14-18)15-28-10-12-29(13-11-28)23-22(25-17-6-7-17)26-20-4-2-3-5-21(20)27-23;3-2(4,5)1(6)7/h2-5,8-9,14,17H,6-7,10-13,15H2,1H3,(H,25,26);(H,6,7). The molecule has 0 atom stereocenters. The number of carboxylic acids is 1. The summed E-state index contributed by atoms with van der Waals surface area (Å²) < 4.78 is 38.3. The van der Waals surface area contributed by atoms with Crippen LogP contribution in [0.4, 0.5) is 24.8 Å². The summed E-state index contributed by atoms with van der Waals surface area (Å²) in [6.07, 6.45) is -2.64. The number of hydrogen-bond donors (Lipinski definition) is 2. The lowest BCUT2D eigenvalue weighted by Crippen LogP contribution is -2.46. The molecule has 3 aromatic rings. The number of halogens is 4. The van der Waals surface area contributed by atoms with Crippen LogP contribution in [0.3, 0.4) is 0 Å². The maximum Gasteiger partial charge on any atom is 0.490 e. The molecule has 1 aromatic heterocycles. The van der Waals surface area contributed by atoms with Crippen LogP contribution in [0.2, 0.25) is 0 Å². The molecule has 2 N–H and O–H groups in total. The van der Waals surface area contributed by atoms with E-state index in [4.69, 9.17) is 24.6 Å². The van der Waals surface area contributed by atoms with Crippen molar-refractivity contribution in [3.8, 4) is 5.75 Å². The number of nitrogens with zero attached hydrogens (tertiary/aromatic N) is 4. The van der Waals surface area contributed by atoms with E-state index in [0.717, 1.165) is 65.6 Å². The first-order chi connectivity index (χ1) is 17.6. The SMILES string of the molecule is COc1ccc(Br)c(CN2CCN(c3nc4ccccc4nc3NC3CC3)CC2)c1.O=C(O)C(F)(F)F. The number of carboxylic acid groups (broad SMARTS) is 1. The van der Waals surface area contributed by atoms with Crippen LogP contribution in [0.5, 0.6) is 5.75 Å². The Hall–Kier alpha value is -3.12. The van der Waals surface area contributed by atoms with E-state index in [-0.39, 0.29) is 0 Å². The number of rotatable bonds is 6. The summed E-state index contributed by atoms with van der Waals surface area (Å²) in [4.78, 5) is 23.6. The second kappa shape index (κ2) is 11.5. The third kappa shape index (κ3) is 7.22. The minimum atomic E-state index is -5.08. The van der Waals surface area contributed by atoms with Crippen molar-refractivity contribution in [3.05, 3.63) is 52.5 Å². The van der Waals surface area contributed by atoms with Crippen LogP contribution in [-0.4, -0.2) is 71.5 Å². The molecule has 0 radical (unpaired) electrons. The molecule has 0 bridgehead atoms. The van der Waals surface area contributed by atoms with Crippen molar-refractivity contribution in [2.45, 2.75) is 31.6 Å². The largest absolute Gasteiger partial charge is 0.497 e. The van der Waals surface area contributed by atoms with Gasteiger partial charge in [0.05, 0.1) is 18.1 Å². The first-order valence-corrected chi connectivity index (χ1v) is 12.6. The number of aliphatic carboxylic acids is 1.